The lowest BCUT2D eigenvalue weighted by Crippen LogP contribution is -2.60. The lowest BCUT2D eigenvalue weighted by atomic mass is 9.85. The van der Waals surface area contributed by atoms with E-state index in [9.17, 15) is 5.11 Å². The molecule has 0 radical (unpaired) electrons. The van der Waals surface area contributed by atoms with Gasteiger partial charge in [-0.25, -0.2) is 0 Å². The second-order valence-corrected chi connectivity index (χ2v) is 23.4. The third kappa shape index (κ3) is 6.84. The van der Waals surface area contributed by atoms with Crippen molar-refractivity contribution in [2.24, 2.45) is 0 Å². The first kappa shape index (κ1) is 30.3. The van der Waals surface area contributed by atoms with Crippen LogP contribution < -0.4 is 0 Å². The number of β-amino-alcohol motifs (C(OH)–C–C–N with tert-alkyl or cyclic N) is 1. The molecule has 0 saturated carbocycles. The van der Waals surface area contributed by atoms with Crippen molar-refractivity contribution in [1.29, 1.82) is 0 Å². The van der Waals surface area contributed by atoms with Gasteiger partial charge in [-0.05, 0) is 66.7 Å². The fourth-order valence-electron chi connectivity index (χ4n) is 4.52. The molecule has 1 N–H and O–H groups in total. The largest absolute Gasteiger partial charge is 0.401 e. The minimum Gasteiger partial charge on any atom is -0.401 e. The molecule has 1 saturated heterocycles. The molecule has 4 nitrogen and oxygen atoms in total. The van der Waals surface area contributed by atoms with Gasteiger partial charge in [0.1, 0.15) is 18.1 Å². The maximum atomic E-state index is 12.5. The van der Waals surface area contributed by atoms with Crippen molar-refractivity contribution in [2.75, 3.05) is 6.54 Å². The average molecular weight is 542 g/mol. The van der Waals surface area contributed by atoms with Gasteiger partial charge in [-0.15, -0.1) is 0 Å². The fraction of sp³-hybridized carbons (Fsp3) is 0.613. The number of rotatable bonds is 8. The van der Waals surface area contributed by atoms with Crippen LogP contribution in [0, 0.1) is 0 Å². The summed E-state index contributed by atoms with van der Waals surface area (Å²) in [7, 11) is -4.12. The van der Waals surface area contributed by atoms with Crippen LogP contribution in [0.5, 0.6) is 0 Å². The zero-order valence-electron chi connectivity index (χ0n) is 25.0. The Balaban J connectivity index is 2.09. The Morgan fingerprint density at radius 1 is 0.703 bits per heavy atom. The van der Waals surface area contributed by atoms with Gasteiger partial charge in [-0.2, -0.15) is 0 Å². The van der Waals surface area contributed by atoms with Crippen LogP contribution in [0.3, 0.4) is 0 Å². The van der Waals surface area contributed by atoms with Gasteiger partial charge in [-0.3, -0.25) is 4.90 Å². The van der Waals surface area contributed by atoms with E-state index in [2.05, 4.69) is 72.6 Å². The number of benzene rings is 2. The highest BCUT2D eigenvalue weighted by molar-refractivity contribution is 6.74. The predicted molar refractivity (Wildman–Crippen MR) is 161 cm³/mol. The molecule has 0 unspecified atom stereocenters. The third-order valence-corrected chi connectivity index (χ3v) is 18.0. The van der Waals surface area contributed by atoms with Gasteiger partial charge in [0.25, 0.3) is 0 Å². The minimum atomic E-state index is -2.06. The lowest BCUT2D eigenvalue weighted by Gasteiger charge is -2.51. The molecule has 0 aliphatic carbocycles. The van der Waals surface area contributed by atoms with Gasteiger partial charge >= 0.3 is 0 Å². The van der Waals surface area contributed by atoms with E-state index in [4.69, 9.17) is 8.85 Å². The Kier molecular flexibility index (Phi) is 9.05. The van der Waals surface area contributed by atoms with E-state index in [0.29, 0.717) is 6.54 Å². The van der Waals surface area contributed by atoms with Crippen LogP contribution >= 0.6 is 0 Å². The number of hydrogen-bond acceptors (Lipinski definition) is 4. The van der Waals surface area contributed by atoms with Gasteiger partial charge in [-0.1, -0.05) is 102 Å². The highest BCUT2D eigenvalue weighted by atomic mass is 28.4. The second kappa shape index (κ2) is 11.1. The van der Waals surface area contributed by atoms with E-state index >= 15 is 0 Å². The lowest BCUT2D eigenvalue weighted by molar-refractivity contribution is -0.143. The molecule has 1 fully saturated rings. The number of hydrogen-bond donors (Lipinski definition) is 1. The molecule has 206 valence electrons. The Bertz CT molecular complexity index is 921. The summed E-state index contributed by atoms with van der Waals surface area (Å²) in [5.74, 6) is 0. The van der Waals surface area contributed by atoms with Crippen LogP contribution in [0.4, 0.5) is 0 Å². The van der Waals surface area contributed by atoms with Crippen LogP contribution in [-0.2, 0) is 14.5 Å². The minimum absolute atomic E-state index is 0.0941. The number of nitrogens with zero attached hydrogens (tertiary/aromatic N) is 1. The van der Waals surface area contributed by atoms with E-state index in [0.717, 1.165) is 30.4 Å². The van der Waals surface area contributed by atoms with Crippen LogP contribution in [0.15, 0.2) is 60.7 Å². The SMILES string of the molecule is CC(C)(C)[Si](C)(C)O[C@H]1CCC[C@H](O[Si](C)(C)C(C)(C)C)N1CC(O)(c1ccccc1)c1ccccc1. The summed E-state index contributed by atoms with van der Waals surface area (Å²) < 4.78 is 14.2. The van der Waals surface area contributed by atoms with Crippen molar-refractivity contribution in [2.45, 2.75) is 115 Å². The van der Waals surface area contributed by atoms with E-state index < -0.39 is 22.2 Å². The molecule has 37 heavy (non-hydrogen) atoms. The predicted octanol–water partition coefficient (Wildman–Crippen LogP) is 8.10. The normalized spacial score (nSPS) is 20.7. The van der Waals surface area contributed by atoms with Gasteiger partial charge in [0.2, 0.25) is 0 Å². The summed E-state index contributed by atoms with van der Waals surface area (Å²) >= 11 is 0. The van der Waals surface area contributed by atoms with E-state index in [1.807, 2.05) is 60.7 Å². The van der Waals surface area contributed by atoms with Crippen LogP contribution in [0.1, 0.15) is 71.9 Å². The number of aliphatic hydroxyl groups is 1. The Labute approximate surface area is 228 Å². The van der Waals surface area contributed by atoms with Crippen molar-refractivity contribution in [3.05, 3.63) is 71.8 Å². The third-order valence-electron chi connectivity index (χ3n) is 9.03. The highest BCUT2D eigenvalue weighted by Crippen LogP contribution is 2.43. The molecule has 0 amide bonds. The van der Waals surface area contributed by atoms with Crippen molar-refractivity contribution in [3.63, 3.8) is 0 Å². The van der Waals surface area contributed by atoms with E-state index in [1.165, 1.54) is 0 Å². The monoisotopic (exact) mass is 541 g/mol. The van der Waals surface area contributed by atoms with E-state index in [1.54, 1.807) is 0 Å². The Morgan fingerprint density at radius 2 is 1.05 bits per heavy atom. The molecule has 1 aliphatic rings. The van der Waals surface area contributed by atoms with Crippen molar-refractivity contribution in [3.8, 4) is 0 Å². The fourth-order valence-corrected chi connectivity index (χ4v) is 7.09. The summed E-state index contributed by atoms with van der Waals surface area (Å²) in [5, 5.41) is 12.7. The molecule has 0 spiro atoms. The smallest absolute Gasteiger partial charge is 0.194 e. The summed E-state index contributed by atoms with van der Waals surface area (Å²) in [4.78, 5) is 2.37. The summed E-state index contributed by atoms with van der Waals surface area (Å²) in [6.45, 7) is 23.5. The molecular weight excluding hydrogens is 491 g/mol. The van der Waals surface area contributed by atoms with Gasteiger partial charge in [0.05, 0.1) is 0 Å². The van der Waals surface area contributed by atoms with Crippen molar-refractivity contribution >= 4 is 16.6 Å². The van der Waals surface area contributed by atoms with Gasteiger partial charge in [0.15, 0.2) is 16.6 Å². The van der Waals surface area contributed by atoms with Gasteiger partial charge in [0, 0.05) is 6.54 Å². The molecule has 2 aromatic rings. The first-order chi connectivity index (χ1) is 17.0. The number of piperidine rings is 1. The molecule has 0 aromatic heterocycles. The molecule has 1 heterocycles. The first-order valence-electron chi connectivity index (χ1n) is 13.9. The molecule has 3 rings (SSSR count). The topological polar surface area (TPSA) is 41.9 Å². The molecule has 2 atom stereocenters. The van der Waals surface area contributed by atoms with Crippen LogP contribution in [0.25, 0.3) is 0 Å². The van der Waals surface area contributed by atoms with Crippen molar-refractivity contribution < 1.29 is 14.0 Å². The first-order valence-corrected chi connectivity index (χ1v) is 19.7. The molecule has 2 aromatic carbocycles. The van der Waals surface area contributed by atoms with Crippen LogP contribution in [0.2, 0.25) is 36.3 Å². The summed E-state index contributed by atoms with van der Waals surface area (Å²) in [5.41, 5.74) is 0.595. The Morgan fingerprint density at radius 3 is 1.38 bits per heavy atom. The maximum Gasteiger partial charge on any atom is 0.194 e. The quantitative estimate of drug-likeness (QED) is 0.343. The van der Waals surface area contributed by atoms with E-state index in [-0.39, 0.29) is 22.5 Å². The number of likely N-dealkylation sites (tertiary alicyclic amines) is 1. The van der Waals surface area contributed by atoms with Gasteiger partial charge < -0.3 is 14.0 Å². The van der Waals surface area contributed by atoms with Crippen molar-refractivity contribution in [1.82, 2.24) is 4.90 Å². The average Bonchev–Trinajstić information content (AvgIpc) is 2.80. The molecule has 6 heteroatoms. The Hall–Kier alpha value is -1.29. The summed E-state index contributed by atoms with van der Waals surface area (Å²) in [6.07, 6.45) is 2.77. The molecular formula is C31H51NO3Si2. The molecule has 1 aliphatic heterocycles. The second-order valence-electron chi connectivity index (χ2n) is 13.9. The standard InChI is InChI=1S/C31H51NO3Si2/c1-29(2,3)36(7,8)34-27-22-17-23-28(35-37(9,10)30(4,5)6)32(27)24-31(33,25-18-13-11-14-19-25)26-20-15-12-16-21-26/h11-16,18-21,27-28,33H,17,22-24H2,1-10H3/t27-,28-/m0/s1. The van der Waals surface area contributed by atoms with Crippen LogP contribution in [-0.4, -0.2) is 45.6 Å². The maximum absolute atomic E-state index is 12.5. The highest BCUT2D eigenvalue weighted by Gasteiger charge is 2.48. The zero-order valence-corrected chi connectivity index (χ0v) is 27.0. The zero-order chi connectivity index (χ0) is 27.7. The summed E-state index contributed by atoms with van der Waals surface area (Å²) in [6, 6.07) is 20.2. The molecule has 0 bridgehead atoms.